The number of carboxylic acid groups (broad SMARTS) is 1. The molecule has 190 valence electrons. The zero-order valence-electron chi connectivity index (χ0n) is 21.8. The van der Waals surface area contributed by atoms with Gasteiger partial charge in [0.1, 0.15) is 0 Å². The second kappa shape index (κ2) is 14.8. The average molecular weight is 481 g/mol. The number of aliphatic hydroxyl groups excluding tert-OH is 1. The average Bonchev–Trinajstić information content (AvgIpc) is 2.78. The van der Waals surface area contributed by atoms with Crippen LogP contribution in [-0.4, -0.2) is 35.0 Å². The molecule has 35 heavy (non-hydrogen) atoms. The maximum atomic E-state index is 10.2. The van der Waals surface area contributed by atoms with Gasteiger partial charge in [0, 0.05) is 6.08 Å². The Kier molecular flexibility index (Phi) is 12.6. The number of carbonyl (C=O) groups is 1. The van der Waals surface area contributed by atoms with Crippen LogP contribution in [0.5, 0.6) is 11.5 Å². The molecule has 0 aliphatic heterocycles. The third-order valence-electron chi connectivity index (χ3n) is 5.81. The fourth-order valence-electron chi connectivity index (χ4n) is 3.81. The van der Waals surface area contributed by atoms with Crippen molar-refractivity contribution >= 4 is 12.0 Å². The number of allylic oxidation sites excluding steroid dienone is 9. The van der Waals surface area contributed by atoms with E-state index < -0.39 is 5.97 Å². The van der Waals surface area contributed by atoms with Gasteiger partial charge in [-0.3, -0.25) is 0 Å². The van der Waals surface area contributed by atoms with Gasteiger partial charge in [0.25, 0.3) is 0 Å². The molecular formula is C30H40O5. The molecule has 0 saturated carbocycles. The van der Waals surface area contributed by atoms with E-state index in [2.05, 4.69) is 45.9 Å². The summed E-state index contributed by atoms with van der Waals surface area (Å²) in [5.41, 5.74) is 6.31. The Bertz CT molecular complexity index is 1030. The second-order valence-electron chi connectivity index (χ2n) is 9.27. The van der Waals surface area contributed by atoms with Gasteiger partial charge >= 0.3 is 5.97 Å². The topological polar surface area (TPSA) is 87.0 Å². The number of ether oxygens (including phenoxy) is 1. The minimum Gasteiger partial charge on any atom is -0.504 e. The van der Waals surface area contributed by atoms with Crippen LogP contribution in [0.15, 0.2) is 83.0 Å². The molecule has 0 unspecified atom stereocenters. The zero-order valence-corrected chi connectivity index (χ0v) is 21.8. The molecule has 0 atom stereocenters. The summed E-state index contributed by atoms with van der Waals surface area (Å²) in [6.07, 6.45) is 18.7. The lowest BCUT2D eigenvalue weighted by Crippen LogP contribution is -2.19. The molecule has 1 aliphatic carbocycles. The van der Waals surface area contributed by atoms with E-state index in [1.165, 1.54) is 55.2 Å². The molecule has 5 heteroatoms. The lowest BCUT2D eigenvalue weighted by molar-refractivity contribution is -0.131. The Morgan fingerprint density at radius 2 is 1.83 bits per heavy atom. The first kappa shape index (κ1) is 29.7. The van der Waals surface area contributed by atoms with E-state index in [0.717, 1.165) is 11.6 Å². The van der Waals surface area contributed by atoms with Gasteiger partial charge in [0.15, 0.2) is 11.5 Å². The van der Waals surface area contributed by atoms with Crippen LogP contribution in [0.25, 0.3) is 6.08 Å². The SMILES string of the molecule is CC1=C(/C=C/C(C)=C/C=C/C(C)=C/CO)C(C)(C)CCC1.COc1cc(/C=C/C(=O)O)ccc1O. The first-order valence-corrected chi connectivity index (χ1v) is 11.8. The lowest BCUT2D eigenvalue weighted by atomic mass is 9.72. The van der Waals surface area contributed by atoms with E-state index in [1.807, 2.05) is 19.1 Å². The predicted molar refractivity (Wildman–Crippen MR) is 145 cm³/mol. The highest BCUT2D eigenvalue weighted by atomic mass is 16.5. The van der Waals surface area contributed by atoms with Crippen molar-refractivity contribution in [3.63, 3.8) is 0 Å². The molecule has 0 spiro atoms. The maximum Gasteiger partial charge on any atom is 0.328 e. The van der Waals surface area contributed by atoms with Crippen LogP contribution in [0.3, 0.4) is 0 Å². The number of phenols is 1. The maximum absolute atomic E-state index is 10.2. The van der Waals surface area contributed by atoms with Gasteiger partial charge in [0.05, 0.1) is 13.7 Å². The van der Waals surface area contributed by atoms with E-state index in [4.69, 9.17) is 14.9 Å². The van der Waals surface area contributed by atoms with Crippen molar-refractivity contribution in [2.45, 2.75) is 53.9 Å². The minimum atomic E-state index is -1.02. The monoisotopic (exact) mass is 480 g/mol. The van der Waals surface area contributed by atoms with Crippen molar-refractivity contribution in [3.05, 3.63) is 88.6 Å². The molecule has 0 saturated heterocycles. The molecule has 3 N–H and O–H groups in total. The number of carboxylic acids is 1. The van der Waals surface area contributed by atoms with Gasteiger partial charge in [-0.25, -0.2) is 4.79 Å². The Hall–Kier alpha value is -3.31. The first-order valence-electron chi connectivity index (χ1n) is 11.8. The number of rotatable bonds is 8. The summed E-state index contributed by atoms with van der Waals surface area (Å²) in [5.74, 6) is -0.672. The molecule has 2 rings (SSSR count). The molecule has 1 aromatic rings. The molecule has 0 bridgehead atoms. The summed E-state index contributed by atoms with van der Waals surface area (Å²) < 4.78 is 4.86. The van der Waals surface area contributed by atoms with Gasteiger partial charge in [-0.15, -0.1) is 0 Å². The Morgan fingerprint density at radius 1 is 1.11 bits per heavy atom. The number of hydrogen-bond donors (Lipinski definition) is 3. The summed E-state index contributed by atoms with van der Waals surface area (Å²) in [6.45, 7) is 11.2. The fourth-order valence-corrected chi connectivity index (χ4v) is 3.81. The number of aromatic hydroxyl groups is 1. The number of phenolic OH excluding ortho intramolecular Hbond substituents is 1. The van der Waals surface area contributed by atoms with Crippen LogP contribution in [0, 0.1) is 5.41 Å². The van der Waals surface area contributed by atoms with Crippen LogP contribution in [0.1, 0.15) is 59.4 Å². The number of methoxy groups -OCH3 is 1. The Labute approximate surface area is 210 Å². The molecule has 0 aromatic heterocycles. The van der Waals surface area contributed by atoms with Gasteiger partial charge in [-0.05, 0) is 74.8 Å². The Balaban J connectivity index is 0.000000379. The van der Waals surface area contributed by atoms with Crippen LogP contribution < -0.4 is 4.74 Å². The van der Waals surface area contributed by atoms with E-state index in [1.54, 1.807) is 18.2 Å². The second-order valence-corrected chi connectivity index (χ2v) is 9.27. The lowest BCUT2D eigenvalue weighted by Gasteiger charge is -2.32. The molecule has 0 radical (unpaired) electrons. The summed E-state index contributed by atoms with van der Waals surface area (Å²) in [7, 11) is 1.43. The molecule has 1 aromatic carbocycles. The summed E-state index contributed by atoms with van der Waals surface area (Å²) >= 11 is 0. The van der Waals surface area contributed by atoms with E-state index in [-0.39, 0.29) is 12.4 Å². The number of benzene rings is 1. The predicted octanol–water partition coefficient (Wildman–Crippen LogP) is 7.01. The molecular weight excluding hydrogens is 440 g/mol. The van der Waals surface area contributed by atoms with Crippen molar-refractivity contribution in [2.24, 2.45) is 5.41 Å². The van der Waals surface area contributed by atoms with Gasteiger partial charge in [-0.1, -0.05) is 73.1 Å². The van der Waals surface area contributed by atoms with Crippen LogP contribution >= 0.6 is 0 Å². The van der Waals surface area contributed by atoms with E-state index >= 15 is 0 Å². The zero-order chi connectivity index (χ0) is 26.4. The molecule has 5 nitrogen and oxygen atoms in total. The first-order chi connectivity index (χ1) is 16.5. The van der Waals surface area contributed by atoms with Crippen LogP contribution in [-0.2, 0) is 4.79 Å². The van der Waals surface area contributed by atoms with Gasteiger partial charge < -0.3 is 20.1 Å². The largest absolute Gasteiger partial charge is 0.504 e. The van der Waals surface area contributed by atoms with Crippen molar-refractivity contribution in [1.82, 2.24) is 0 Å². The highest BCUT2D eigenvalue weighted by Crippen LogP contribution is 2.40. The smallest absolute Gasteiger partial charge is 0.328 e. The van der Waals surface area contributed by atoms with Crippen LogP contribution in [0.4, 0.5) is 0 Å². The third-order valence-corrected chi connectivity index (χ3v) is 5.81. The molecule has 0 amide bonds. The van der Waals surface area contributed by atoms with Crippen molar-refractivity contribution in [3.8, 4) is 11.5 Å². The Morgan fingerprint density at radius 3 is 2.43 bits per heavy atom. The number of aliphatic carboxylic acids is 1. The molecule has 0 heterocycles. The van der Waals surface area contributed by atoms with Crippen molar-refractivity contribution < 1.29 is 24.9 Å². The standard InChI is InChI=1S/C20H30O.C10H10O4/c1-16(8-6-9-17(2)13-15-21)11-12-19-18(3)10-7-14-20(19,4)5;1-14-9-6-7(2-4-8(9)11)3-5-10(12)13/h6,8-9,11-13,21H,7,10,14-15H2,1-5H3;2-6,11H,1H3,(H,12,13)/b9-6+,12-11+,16-8+,17-13+;5-3+. The highest BCUT2D eigenvalue weighted by Gasteiger charge is 2.26. The molecule has 0 fully saturated rings. The third kappa shape index (κ3) is 11.1. The fraction of sp³-hybridized carbons (Fsp3) is 0.367. The van der Waals surface area contributed by atoms with Crippen LogP contribution in [0.2, 0.25) is 0 Å². The van der Waals surface area contributed by atoms with Gasteiger partial charge in [-0.2, -0.15) is 0 Å². The summed E-state index contributed by atoms with van der Waals surface area (Å²) in [6, 6.07) is 4.59. The number of aliphatic hydroxyl groups is 1. The van der Waals surface area contributed by atoms with Gasteiger partial charge in [0.2, 0.25) is 0 Å². The van der Waals surface area contributed by atoms with E-state index in [9.17, 15) is 9.90 Å². The quantitative estimate of drug-likeness (QED) is 0.275. The summed E-state index contributed by atoms with van der Waals surface area (Å²) in [5, 5.41) is 26.4. The normalized spacial score (nSPS) is 16.7. The van der Waals surface area contributed by atoms with E-state index in [0.29, 0.717) is 16.7 Å². The highest BCUT2D eigenvalue weighted by molar-refractivity contribution is 5.85. The minimum absolute atomic E-state index is 0.0278. The summed E-state index contributed by atoms with van der Waals surface area (Å²) in [4.78, 5) is 10.2. The number of hydrogen-bond acceptors (Lipinski definition) is 4. The molecule has 1 aliphatic rings. The van der Waals surface area contributed by atoms with Crippen molar-refractivity contribution in [2.75, 3.05) is 13.7 Å². The van der Waals surface area contributed by atoms with Crippen molar-refractivity contribution in [1.29, 1.82) is 0 Å².